The van der Waals surface area contributed by atoms with Crippen LogP contribution in [0.4, 0.5) is 0 Å². The van der Waals surface area contributed by atoms with Crippen LogP contribution in [0.1, 0.15) is 59.4 Å². The first kappa shape index (κ1) is 18.9. The first-order valence-corrected chi connectivity index (χ1v) is 10.6. The quantitative estimate of drug-likeness (QED) is 0.489. The molecule has 5 heteroatoms. The van der Waals surface area contributed by atoms with Crippen molar-refractivity contribution in [2.24, 2.45) is 0 Å². The molecule has 1 amide bonds. The number of nitrogens with zero attached hydrogens (tertiary/aromatic N) is 2. The second-order valence-electron chi connectivity index (χ2n) is 7.39. The van der Waals surface area contributed by atoms with Gasteiger partial charge in [-0.2, -0.15) is 5.10 Å². The average Bonchev–Trinajstić information content (AvgIpc) is 3.23. The number of carbonyl (C=O) groups excluding carboxylic acids is 1. The molecule has 3 aromatic rings. The molecular formula is C23H24BrN3O. The number of unbranched alkanes of at least 4 members (excludes halogenated alkanes) is 2. The Morgan fingerprint density at radius 3 is 2.46 bits per heavy atom. The van der Waals surface area contributed by atoms with E-state index in [4.69, 9.17) is 0 Å². The second-order valence-corrected chi connectivity index (χ2v) is 8.30. The van der Waals surface area contributed by atoms with E-state index >= 15 is 0 Å². The molecule has 0 bridgehead atoms. The summed E-state index contributed by atoms with van der Waals surface area (Å²) in [6.45, 7) is 5.01. The van der Waals surface area contributed by atoms with Crippen LogP contribution in [-0.4, -0.2) is 27.5 Å². The minimum atomic E-state index is -0.109. The van der Waals surface area contributed by atoms with Crippen LogP contribution < -0.4 is 0 Å². The van der Waals surface area contributed by atoms with Gasteiger partial charge in [0.05, 0.1) is 11.7 Å². The van der Waals surface area contributed by atoms with E-state index in [1.807, 2.05) is 17.0 Å². The van der Waals surface area contributed by atoms with Crippen molar-refractivity contribution in [1.82, 2.24) is 15.1 Å². The second kappa shape index (κ2) is 7.92. The number of H-pyrrole nitrogens is 1. The molecule has 0 radical (unpaired) electrons. The Balaban J connectivity index is 1.80. The van der Waals surface area contributed by atoms with Crippen LogP contribution in [-0.2, 0) is 0 Å². The average molecular weight is 438 g/mol. The van der Waals surface area contributed by atoms with Crippen molar-refractivity contribution in [2.75, 3.05) is 6.54 Å². The van der Waals surface area contributed by atoms with Gasteiger partial charge in [0.25, 0.3) is 5.91 Å². The van der Waals surface area contributed by atoms with E-state index < -0.39 is 0 Å². The highest BCUT2D eigenvalue weighted by atomic mass is 79.9. The van der Waals surface area contributed by atoms with Crippen LogP contribution in [0.15, 0.2) is 53.0 Å². The number of aromatic amines is 1. The van der Waals surface area contributed by atoms with Gasteiger partial charge in [-0.1, -0.05) is 77.7 Å². The van der Waals surface area contributed by atoms with Crippen molar-refractivity contribution < 1.29 is 4.79 Å². The highest BCUT2D eigenvalue weighted by molar-refractivity contribution is 9.10. The zero-order valence-corrected chi connectivity index (χ0v) is 17.8. The summed E-state index contributed by atoms with van der Waals surface area (Å²) in [5.41, 5.74) is 5.84. The van der Waals surface area contributed by atoms with Gasteiger partial charge in [0.2, 0.25) is 0 Å². The van der Waals surface area contributed by atoms with E-state index in [2.05, 4.69) is 76.4 Å². The lowest BCUT2D eigenvalue weighted by atomic mass is 9.95. The van der Waals surface area contributed by atoms with Crippen LogP contribution in [0.3, 0.4) is 0 Å². The molecule has 2 aromatic carbocycles. The Bertz CT molecular complexity index is 976. The maximum Gasteiger partial charge on any atom is 0.273 e. The van der Waals surface area contributed by atoms with E-state index in [9.17, 15) is 4.79 Å². The highest BCUT2D eigenvalue weighted by Crippen LogP contribution is 2.43. The number of rotatable bonds is 6. The predicted octanol–water partition coefficient (Wildman–Crippen LogP) is 5.88. The molecule has 1 unspecified atom stereocenters. The summed E-state index contributed by atoms with van der Waals surface area (Å²) in [5.74, 6) is 0.0462. The Morgan fingerprint density at radius 2 is 1.79 bits per heavy atom. The number of benzene rings is 2. The first-order chi connectivity index (χ1) is 13.6. The summed E-state index contributed by atoms with van der Waals surface area (Å²) in [6.07, 6.45) is 3.26. The molecule has 4 nitrogen and oxygen atoms in total. The van der Waals surface area contributed by atoms with Gasteiger partial charge in [-0.25, -0.2) is 0 Å². The van der Waals surface area contributed by atoms with Crippen LogP contribution >= 0.6 is 15.9 Å². The molecule has 0 aliphatic carbocycles. The fourth-order valence-corrected chi connectivity index (χ4v) is 4.15. The predicted molar refractivity (Wildman–Crippen MR) is 115 cm³/mol. The van der Waals surface area contributed by atoms with Gasteiger partial charge in [-0.3, -0.25) is 9.89 Å². The van der Waals surface area contributed by atoms with Gasteiger partial charge in [-0.05, 0) is 31.0 Å². The van der Waals surface area contributed by atoms with Gasteiger partial charge in [-0.15, -0.1) is 0 Å². The molecule has 1 aromatic heterocycles. The van der Waals surface area contributed by atoms with E-state index in [0.29, 0.717) is 5.69 Å². The molecule has 28 heavy (non-hydrogen) atoms. The zero-order valence-electron chi connectivity index (χ0n) is 16.2. The lowest BCUT2D eigenvalue weighted by Crippen LogP contribution is -2.30. The third-order valence-electron chi connectivity index (χ3n) is 5.38. The normalized spacial score (nSPS) is 15.9. The molecule has 0 saturated carbocycles. The van der Waals surface area contributed by atoms with Crippen molar-refractivity contribution in [3.05, 3.63) is 75.4 Å². The minimum Gasteiger partial charge on any atom is -0.326 e. The summed E-state index contributed by atoms with van der Waals surface area (Å²) in [7, 11) is 0. The molecule has 0 saturated heterocycles. The monoisotopic (exact) mass is 437 g/mol. The van der Waals surface area contributed by atoms with Crippen molar-refractivity contribution in [3.8, 4) is 11.3 Å². The molecular weight excluding hydrogens is 414 g/mol. The molecule has 1 atom stereocenters. The fourth-order valence-electron chi connectivity index (χ4n) is 3.88. The van der Waals surface area contributed by atoms with Crippen molar-refractivity contribution in [2.45, 2.75) is 39.2 Å². The SMILES string of the molecule is CCCCCN1C(=O)c2[nH]nc(-c3ccc(C)cc3)c2C1c1ccc(Br)cc1. The van der Waals surface area contributed by atoms with Crippen LogP contribution in [0.5, 0.6) is 0 Å². The highest BCUT2D eigenvalue weighted by Gasteiger charge is 2.41. The number of aryl methyl sites for hydroxylation is 1. The third-order valence-corrected chi connectivity index (χ3v) is 5.91. The maximum absolute atomic E-state index is 13.2. The molecule has 1 N–H and O–H groups in total. The Kier molecular flexibility index (Phi) is 5.36. The summed E-state index contributed by atoms with van der Waals surface area (Å²) < 4.78 is 1.03. The molecule has 1 aliphatic heterocycles. The van der Waals surface area contributed by atoms with E-state index in [0.717, 1.165) is 52.7 Å². The third kappa shape index (κ3) is 3.39. The molecule has 144 valence electrons. The standard InChI is InChI=1S/C23H24BrN3O/c1-3-4-5-14-27-22(17-10-12-18(24)13-11-17)19-20(25-26-21(19)23(27)28)16-8-6-15(2)7-9-16/h6-13,22H,3-5,14H2,1-2H3,(H,25,26). The lowest BCUT2D eigenvalue weighted by molar-refractivity contribution is 0.0740. The van der Waals surface area contributed by atoms with Gasteiger partial charge in [0.15, 0.2) is 0 Å². The summed E-state index contributed by atoms with van der Waals surface area (Å²) in [5, 5.41) is 7.56. The molecule has 0 spiro atoms. The number of hydrogen-bond acceptors (Lipinski definition) is 2. The molecule has 0 fully saturated rings. The van der Waals surface area contributed by atoms with Gasteiger partial charge >= 0.3 is 0 Å². The molecule has 4 rings (SSSR count). The summed E-state index contributed by atoms with van der Waals surface area (Å²) >= 11 is 3.52. The number of hydrogen-bond donors (Lipinski definition) is 1. The van der Waals surface area contributed by atoms with E-state index in [1.165, 1.54) is 5.56 Å². The zero-order chi connectivity index (χ0) is 19.7. The van der Waals surface area contributed by atoms with Crippen molar-refractivity contribution >= 4 is 21.8 Å². The minimum absolute atomic E-state index is 0.0462. The van der Waals surface area contributed by atoms with Gasteiger partial charge in [0, 0.05) is 22.1 Å². The maximum atomic E-state index is 13.2. The Labute approximate surface area is 174 Å². The fraction of sp³-hybridized carbons (Fsp3) is 0.304. The number of aromatic nitrogens is 2. The van der Waals surface area contributed by atoms with Crippen LogP contribution in [0.25, 0.3) is 11.3 Å². The number of amides is 1. The number of carbonyl (C=O) groups is 1. The topological polar surface area (TPSA) is 49.0 Å². The van der Waals surface area contributed by atoms with Crippen molar-refractivity contribution in [3.63, 3.8) is 0 Å². The van der Waals surface area contributed by atoms with Gasteiger partial charge < -0.3 is 4.90 Å². The molecule has 1 aliphatic rings. The summed E-state index contributed by atoms with van der Waals surface area (Å²) in [6, 6.07) is 16.5. The van der Waals surface area contributed by atoms with E-state index in [-0.39, 0.29) is 11.9 Å². The first-order valence-electron chi connectivity index (χ1n) is 9.82. The lowest BCUT2D eigenvalue weighted by Gasteiger charge is -2.26. The van der Waals surface area contributed by atoms with Gasteiger partial charge in [0.1, 0.15) is 5.69 Å². The smallest absolute Gasteiger partial charge is 0.273 e. The molecule has 2 heterocycles. The Hall–Kier alpha value is -2.40. The van der Waals surface area contributed by atoms with Crippen LogP contribution in [0.2, 0.25) is 0 Å². The van der Waals surface area contributed by atoms with Crippen LogP contribution in [0, 0.1) is 6.92 Å². The summed E-state index contributed by atoms with van der Waals surface area (Å²) in [4.78, 5) is 15.2. The largest absolute Gasteiger partial charge is 0.326 e. The van der Waals surface area contributed by atoms with Crippen molar-refractivity contribution in [1.29, 1.82) is 0 Å². The number of halogens is 1. The number of nitrogens with one attached hydrogen (secondary N) is 1. The Morgan fingerprint density at radius 1 is 1.07 bits per heavy atom. The van der Waals surface area contributed by atoms with E-state index in [1.54, 1.807) is 0 Å². The number of fused-ring (bicyclic) bond motifs is 1.